The molecule has 0 saturated carbocycles. The van der Waals surface area contributed by atoms with Crippen LogP contribution in [0.4, 0.5) is 24.5 Å². The average Bonchev–Trinajstić information content (AvgIpc) is 2.78. The van der Waals surface area contributed by atoms with Crippen LogP contribution in [0.15, 0.2) is 82.1 Å². The predicted molar refractivity (Wildman–Crippen MR) is 129 cm³/mol. The Bertz CT molecular complexity index is 1050. The molecule has 33 heavy (non-hydrogen) atoms. The number of anilines is 1. The monoisotopic (exact) mass is 458 g/mol. The van der Waals surface area contributed by atoms with Gasteiger partial charge in [-0.1, -0.05) is 37.6 Å². The highest BCUT2D eigenvalue weighted by Gasteiger charge is 2.30. The molecule has 0 amide bonds. The van der Waals surface area contributed by atoms with Crippen LogP contribution in [0.1, 0.15) is 39.7 Å². The van der Waals surface area contributed by atoms with E-state index in [9.17, 15) is 13.2 Å². The highest BCUT2D eigenvalue weighted by Crippen LogP contribution is 2.25. The van der Waals surface area contributed by atoms with Crippen molar-refractivity contribution >= 4 is 22.9 Å². The molecule has 0 spiro atoms. The molecule has 0 unspecified atom stereocenters. The van der Waals surface area contributed by atoms with E-state index >= 15 is 0 Å². The van der Waals surface area contributed by atoms with Crippen LogP contribution in [0.25, 0.3) is 0 Å². The molecule has 2 aromatic carbocycles. The van der Waals surface area contributed by atoms with E-state index in [2.05, 4.69) is 27.0 Å². The van der Waals surface area contributed by atoms with E-state index in [1.54, 1.807) is 13.1 Å². The lowest BCUT2D eigenvalue weighted by atomic mass is 10.1. The van der Waals surface area contributed by atoms with Gasteiger partial charge in [0.1, 0.15) is 11.6 Å². The quantitative estimate of drug-likeness (QED) is 0.334. The maximum absolute atomic E-state index is 12.4. The summed E-state index contributed by atoms with van der Waals surface area (Å²) in [6, 6.07) is 13.2. The molecule has 0 bridgehead atoms. The minimum Gasteiger partial charge on any atom is -0.406 e. The largest absolute Gasteiger partial charge is 0.573 e. The number of nitrogens with two attached hydrogens (primary N) is 1. The van der Waals surface area contributed by atoms with Gasteiger partial charge in [0, 0.05) is 18.1 Å². The smallest absolute Gasteiger partial charge is 0.406 e. The molecule has 0 atom stereocenters. The van der Waals surface area contributed by atoms with Gasteiger partial charge in [0.25, 0.3) is 0 Å². The summed E-state index contributed by atoms with van der Waals surface area (Å²) in [5, 5.41) is 3.36. The maximum atomic E-state index is 12.4. The number of halogens is 3. The summed E-state index contributed by atoms with van der Waals surface area (Å²) in [5.41, 5.74) is 10.6. The van der Waals surface area contributed by atoms with Crippen LogP contribution in [0.2, 0.25) is 0 Å². The summed E-state index contributed by atoms with van der Waals surface area (Å²) in [6.07, 6.45) is 0.128. The SMILES string of the molecule is CC/C(C)=C/N=C(Nc1ccccc1CC)C(=CN)C(C)=Nc1ccc(OC(F)(F)F)cc1. The van der Waals surface area contributed by atoms with E-state index < -0.39 is 6.36 Å². The van der Waals surface area contributed by atoms with Crippen LogP contribution in [0.5, 0.6) is 5.75 Å². The van der Waals surface area contributed by atoms with Crippen LogP contribution >= 0.6 is 0 Å². The van der Waals surface area contributed by atoms with Crippen molar-refractivity contribution in [3.05, 3.63) is 77.6 Å². The lowest BCUT2D eigenvalue weighted by molar-refractivity contribution is -0.274. The molecule has 3 N–H and O–H groups in total. The number of aryl methyl sites for hydroxylation is 1. The van der Waals surface area contributed by atoms with Crippen molar-refractivity contribution in [3.63, 3.8) is 0 Å². The van der Waals surface area contributed by atoms with E-state index in [1.807, 2.05) is 38.1 Å². The summed E-state index contributed by atoms with van der Waals surface area (Å²) in [7, 11) is 0. The van der Waals surface area contributed by atoms with E-state index in [-0.39, 0.29) is 5.75 Å². The van der Waals surface area contributed by atoms with Gasteiger partial charge >= 0.3 is 6.36 Å². The van der Waals surface area contributed by atoms with Crippen molar-refractivity contribution in [1.29, 1.82) is 0 Å². The van der Waals surface area contributed by atoms with Crippen molar-refractivity contribution in [2.75, 3.05) is 5.32 Å². The molecule has 0 aliphatic carbocycles. The number of alkyl halides is 3. The topological polar surface area (TPSA) is 72.0 Å². The zero-order chi connectivity index (χ0) is 24.4. The number of rotatable bonds is 8. The van der Waals surface area contributed by atoms with Gasteiger partial charge < -0.3 is 15.8 Å². The van der Waals surface area contributed by atoms with Crippen molar-refractivity contribution in [2.45, 2.75) is 46.9 Å². The highest BCUT2D eigenvalue weighted by atomic mass is 19.4. The summed E-state index contributed by atoms with van der Waals surface area (Å²) in [6.45, 7) is 7.85. The van der Waals surface area contributed by atoms with E-state index in [0.29, 0.717) is 22.8 Å². The Balaban J connectivity index is 2.39. The normalized spacial score (nSPS) is 13.8. The number of nitrogens with zero attached hydrogens (tertiary/aromatic N) is 2. The van der Waals surface area contributed by atoms with Crippen LogP contribution in [-0.2, 0) is 6.42 Å². The third kappa shape index (κ3) is 8.14. The van der Waals surface area contributed by atoms with Crippen LogP contribution in [-0.4, -0.2) is 17.9 Å². The molecule has 176 valence electrons. The molecule has 8 heteroatoms. The summed E-state index contributed by atoms with van der Waals surface area (Å²) in [4.78, 5) is 9.13. The van der Waals surface area contributed by atoms with Crippen molar-refractivity contribution < 1.29 is 17.9 Å². The first kappa shape index (κ1) is 25.7. The summed E-state index contributed by atoms with van der Waals surface area (Å²) in [5.74, 6) is 0.207. The minimum absolute atomic E-state index is 0.311. The highest BCUT2D eigenvalue weighted by molar-refractivity contribution is 6.27. The van der Waals surface area contributed by atoms with Gasteiger partial charge in [0.15, 0.2) is 0 Å². The first-order chi connectivity index (χ1) is 15.7. The number of nitrogens with one attached hydrogen (secondary N) is 1. The molecular weight excluding hydrogens is 429 g/mol. The molecular formula is C25H29F3N4O. The number of benzene rings is 2. The summed E-state index contributed by atoms with van der Waals surface area (Å²) >= 11 is 0. The van der Waals surface area contributed by atoms with Crippen LogP contribution in [0.3, 0.4) is 0 Å². The fourth-order valence-corrected chi connectivity index (χ4v) is 2.86. The minimum atomic E-state index is -4.74. The Hall–Kier alpha value is -3.55. The van der Waals surface area contributed by atoms with Crippen molar-refractivity contribution in [2.24, 2.45) is 15.7 Å². The maximum Gasteiger partial charge on any atom is 0.573 e. The fourth-order valence-electron chi connectivity index (χ4n) is 2.86. The zero-order valence-electron chi connectivity index (χ0n) is 19.2. The van der Waals surface area contributed by atoms with E-state index in [1.165, 1.54) is 30.5 Å². The molecule has 0 heterocycles. The van der Waals surface area contributed by atoms with Gasteiger partial charge in [-0.05, 0) is 62.6 Å². The molecule has 0 fully saturated rings. The molecule has 5 nitrogen and oxygen atoms in total. The molecule has 2 rings (SSSR count). The van der Waals surface area contributed by atoms with Gasteiger partial charge in [-0.25, -0.2) is 4.99 Å². The van der Waals surface area contributed by atoms with E-state index in [4.69, 9.17) is 5.73 Å². The standard InChI is InChI=1S/C25H29F3N4O/c1-5-17(3)16-30-24(32-23-10-8-7-9-19(23)6-2)22(15-29)18(4)31-20-11-13-21(14-12-20)33-25(26,27)28/h7-16H,5-6,29H2,1-4H3,(H,30,32)/b17-16+,22-15?,31-18?. The second-order valence-electron chi connectivity index (χ2n) is 7.26. The number of ether oxygens (including phenoxy) is 1. The molecule has 2 aromatic rings. The van der Waals surface area contributed by atoms with E-state index in [0.717, 1.165) is 29.7 Å². The first-order valence-electron chi connectivity index (χ1n) is 10.6. The molecule has 0 radical (unpaired) electrons. The number of allylic oxidation sites excluding steroid dienone is 1. The van der Waals surface area contributed by atoms with Crippen LogP contribution < -0.4 is 15.8 Å². The van der Waals surface area contributed by atoms with Crippen molar-refractivity contribution in [3.8, 4) is 5.75 Å². The summed E-state index contributed by atoms with van der Waals surface area (Å²) < 4.78 is 41.1. The van der Waals surface area contributed by atoms with Gasteiger partial charge in [0.05, 0.1) is 17.0 Å². The Morgan fingerprint density at radius 2 is 1.73 bits per heavy atom. The molecule has 0 aliphatic heterocycles. The Morgan fingerprint density at radius 1 is 1.06 bits per heavy atom. The Labute approximate surface area is 192 Å². The number of aliphatic imine (C=N–C) groups is 2. The van der Waals surface area contributed by atoms with Gasteiger partial charge in [-0.2, -0.15) is 0 Å². The average molecular weight is 459 g/mol. The number of hydrogen-bond acceptors (Lipinski definition) is 4. The van der Waals surface area contributed by atoms with Crippen LogP contribution in [0, 0.1) is 0 Å². The Morgan fingerprint density at radius 3 is 2.30 bits per heavy atom. The van der Waals surface area contributed by atoms with Gasteiger partial charge in [0.2, 0.25) is 0 Å². The molecule has 0 aromatic heterocycles. The lowest BCUT2D eigenvalue weighted by Crippen LogP contribution is -2.21. The van der Waals surface area contributed by atoms with Crippen molar-refractivity contribution in [1.82, 2.24) is 0 Å². The van der Waals surface area contributed by atoms with Gasteiger partial charge in [-0.3, -0.25) is 4.99 Å². The number of amidine groups is 1. The van der Waals surface area contributed by atoms with Gasteiger partial charge in [-0.15, -0.1) is 13.2 Å². The lowest BCUT2D eigenvalue weighted by Gasteiger charge is -2.15. The Kier molecular flexibility index (Phi) is 9.27. The predicted octanol–water partition coefficient (Wildman–Crippen LogP) is 6.91. The number of hydrogen-bond donors (Lipinski definition) is 2. The zero-order valence-corrected chi connectivity index (χ0v) is 19.2. The second kappa shape index (κ2) is 11.9. The first-order valence-corrected chi connectivity index (χ1v) is 10.6. The third-order valence-corrected chi connectivity index (χ3v) is 4.80. The number of para-hydroxylation sites is 1. The third-order valence-electron chi connectivity index (χ3n) is 4.80. The second-order valence-corrected chi connectivity index (χ2v) is 7.26. The fraction of sp³-hybridized carbons (Fsp3) is 0.280. The molecule has 0 saturated heterocycles. The molecule has 0 aliphatic rings.